The van der Waals surface area contributed by atoms with Crippen LogP contribution in [0.2, 0.25) is 0 Å². The second-order valence-corrected chi connectivity index (χ2v) is 7.85. The number of nitrogens with zero attached hydrogens (tertiary/aromatic N) is 2. The second-order valence-electron chi connectivity index (χ2n) is 6.84. The van der Waals surface area contributed by atoms with Crippen molar-refractivity contribution in [3.8, 4) is 5.75 Å². The lowest BCUT2D eigenvalue weighted by Crippen LogP contribution is -2.19. The number of aromatic nitrogens is 1. The van der Waals surface area contributed by atoms with E-state index >= 15 is 0 Å². The first-order valence-electron chi connectivity index (χ1n) is 10.0. The summed E-state index contributed by atoms with van der Waals surface area (Å²) in [7, 11) is 0. The first-order chi connectivity index (χ1) is 14.6. The molecule has 1 amide bonds. The van der Waals surface area contributed by atoms with Crippen LogP contribution in [0.1, 0.15) is 30.0 Å². The van der Waals surface area contributed by atoms with Crippen LogP contribution in [0.3, 0.4) is 0 Å². The molecule has 2 aromatic carbocycles. The zero-order valence-electron chi connectivity index (χ0n) is 17.3. The van der Waals surface area contributed by atoms with E-state index in [4.69, 9.17) is 13.9 Å². The third kappa shape index (κ3) is 4.04. The van der Waals surface area contributed by atoms with E-state index in [2.05, 4.69) is 30.1 Å². The Kier molecular flexibility index (Phi) is 6.01. The number of rotatable bonds is 7. The Morgan fingerprint density at radius 1 is 1.17 bits per heavy atom. The molecule has 0 aliphatic carbocycles. The lowest BCUT2D eigenvalue weighted by Gasteiger charge is -2.05. The number of thiazole rings is 1. The molecule has 0 radical (unpaired) electrons. The first kappa shape index (κ1) is 20.4. The van der Waals surface area contributed by atoms with Gasteiger partial charge in [-0.1, -0.05) is 29.5 Å². The molecule has 0 spiro atoms. The lowest BCUT2D eigenvalue weighted by molar-refractivity contribution is 0.0972. The molecule has 2 aromatic heterocycles. The van der Waals surface area contributed by atoms with Crippen LogP contribution in [0.5, 0.6) is 5.75 Å². The van der Waals surface area contributed by atoms with Gasteiger partial charge in [0, 0.05) is 18.5 Å². The maximum Gasteiger partial charge on any atom is 0.315 e. The molecule has 6 nitrogen and oxygen atoms in total. The number of benzene rings is 2. The van der Waals surface area contributed by atoms with Crippen LogP contribution in [0.25, 0.3) is 21.2 Å². The van der Waals surface area contributed by atoms with E-state index in [1.807, 2.05) is 36.6 Å². The molecule has 2 heterocycles. The molecule has 156 valence electrons. The molecular weight excluding hydrogens is 400 g/mol. The number of furan rings is 1. The maximum absolute atomic E-state index is 12.9. The molecule has 0 unspecified atom stereocenters. The number of aryl methyl sites for hydroxylation is 1. The van der Waals surface area contributed by atoms with Crippen molar-refractivity contribution in [1.82, 2.24) is 4.57 Å². The zero-order valence-corrected chi connectivity index (χ0v) is 18.1. The van der Waals surface area contributed by atoms with E-state index in [1.54, 1.807) is 6.07 Å². The number of hydrogen-bond donors (Lipinski definition) is 0. The van der Waals surface area contributed by atoms with Gasteiger partial charge in [-0.05, 0) is 50.6 Å². The first-order valence-corrected chi connectivity index (χ1v) is 10.8. The van der Waals surface area contributed by atoms with Crippen molar-refractivity contribution in [3.63, 3.8) is 0 Å². The fourth-order valence-corrected chi connectivity index (χ4v) is 4.49. The lowest BCUT2D eigenvalue weighted by atomic mass is 10.2. The average Bonchev–Trinajstić information content (AvgIpc) is 3.30. The van der Waals surface area contributed by atoms with Crippen LogP contribution >= 0.6 is 11.3 Å². The molecule has 0 aliphatic rings. The maximum atomic E-state index is 12.9. The zero-order chi connectivity index (χ0) is 21.1. The molecule has 4 rings (SSSR count). The van der Waals surface area contributed by atoms with Crippen molar-refractivity contribution >= 4 is 38.4 Å². The van der Waals surface area contributed by atoms with Gasteiger partial charge >= 0.3 is 5.91 Å². The van der Waals surface area contributed by atoms with E-state index < -0.39 is 5.91 Å². The SMILES string of the molecule is CCOCCn1c(=NC(=O)c2cc3cccc(OCC)c3o2)sc2cc(C)ccc21. The van der Waals surface area contributed by atoms with Gasteiger partial charge in [0.2, 0.25) is 0 Å². The van der Waals surface area contributed by atoms with E-state index in [0.29, 0.717) is 42.5 Å². The topological polar surface area (TPSA) is 66.0 Å². The van der Waals surface area contributed by atoms with E-state index in [9.17, 15) is 4.79 Å². The van der Waals surface area contributed by atoms with Crippen LogP contribution in [-0.2, 0) is 11.3 Å². The smallest absolute Gasteiger partial charge is 0.315 e. The highest BCUT2D eigenvalue weighted by molar-refractivity contribution is 7.16. The molecule has 0 atom stereocenters. The number of carbonyl (C=O) groups is 1. The van der Waals surface area contributed by atoms with Crippen molar-refractivity contribution in [2.75, 3.05) is 19.8 Å². The van der Waals surface area contributed by atoms with Gasteiger partial charge in [-0.2, -0.15) is 4.99 Å². The third-order valence-corrected chi connectivity index (χ3v) is 5.76. The van der Waals surface area contributed by atoms with Crippen molar-refractivity contribution < 1.29 is 18.7 Å². The van der Waals surface area contributed by atoms with Gasteiger partial charge in [0.1, 0.15) is 0 Å². The van der Waals surface area contributed by atoms with Crippen LogP contribution < -0.4 is 9.54 Å². The van der Waals surface area contributed by atoms with Crippen LogP contribution in [-0.4, -0.2) is 30.3 Å². The van der Waals surface area contributed by atoms with Crippen molar-refractivity contribution in [1.29, 1.82) is 0 Å². The predicted molar refractivity (Wildman–Crippen MR) is 118 cm³/mol. The molecule has 0 bridgehead atoms. The minimum absolute atomic E-state index is 0.196. The van der Waals surface area contributed by atoms with Gasteiger partial charge in [-0.15, -0.1) is 0 Å². The molecule has 30 heavy (non-hydrogen) atoms. The second kappa shape index (κ2) is 8.85. The summed E-state index contributed by atoms with van der Waals surface area (Å²) in [5.74, 6) is 0.405. The minimum Gasteiger partial charge on any atom is -0.490 e. The summed E-state index contributed by atoms with van der Waals surface area (Å²) in [6.07, 6.45) is 0. The van der Waals surface area contributed by atoms with E-state index in [1.165, 1.54) is 16.9 Å². The molecule has 0 fully saturated rings. The fraction of sp³-hybridized carbons (Fsp3) is 0.304. The number of fused-ring (bicyclic) bond motifs is 2. The molecule has 7 heteroatoms. The van der Waals surface area contributed by atoms with Crippen LogP contribution in [0.4, 0.5) is 0 Å². The number of hydrogen-bond acceptors (Lipinski definition) is 5. The Balaban J connectivity index is 1.76. The highest BCUT2D eigenvalue weighted by atomic mass is 32.1. The average molecular weight is 425 g/mol. The summed E-state index contributed by atoms with van der Waals surface area (Å²) in [5, 5.41) is 0.815. The van der Waals surface area contributed by atoms with Gasteiger partial charge in [-0.3, -0.25) is 4.79 Å². The number of ether oxygens (including phenoxy) is 2. The summed E-state index contributed by atoms with van der Waals surface area (Å²) in [4.78, 5) is 18.0. The van der Waals surface area contributed by atoms with Crippen LogP contribution in [0.15, 0.2) is 51.9 Å². The number of carbonyl (C=O) groups excluding carboxylic acids is 1. The Labute approximate surface area is 178 Å². The van der Waals surface area contributed by atoms with Crippen molar-refractivity contribution in [2.45, 2.75) is 27.3 Å². The van der Waals surface area contributed by atoms with Gasteiger partial charge < -0.3 is 18.5 Å². The number of para-hydroxylation sites is 1. The van der Waals surface area contributed by atoms with E-state index in [-0.39, 0.29) is 5.76 Å². The Bertz CT molecular complexity index is 1270. The van der Waals surface area contributed by atoms with E-state index in [0.717, 1.165) is 15.6 Å². The quantitative estimate of drug-likeness (QED) is 0.395. The van der Waals surface area contributed by atoms with Gasteiger partial charge in [-0.25, -0.2) is 0 Å². The monoisotopic (exact) mass is 424 g/mol. The summed E-state index contributed by atoms with van der Waals surface area (Å²) >= 11 is 1.49. The molecule has 0 saturated heterocycles. The van der Waals surface area contributed by atoms with Crippen molar-refractivity contribution in [3.05, 3.63) is 58.6 Å². The molecule has 4 aromatic rings. The molecular formula is C23H24N2O4S. The highest BCUT2D eigenvalue weighted by Crippen LogP contribution is 2.29. The molecule has 0 saturated carbocycles. The summed E-state index contributed by atoms with van der Waals surface area (Å²) in [6, 6.07) is 13.5. The number of amides is 1. The van der Waals surface area contributed by atoms with Crippen molar-refractivity contribution in [2.24, 2.45) is 4.99 Å². The van der Waals surface area contributed by atoms with Gasteiger partial charge in [0.05, 0.1) is 23.4 Å². The summed E-state index contributed by atoms with van der Waals surface area (Å²) in [5.41, 5.74) is 2.77. The highest BCUT2D eigenvalue weighted by Gasteiger charge is 2.16. The standard InChI is InChI=1S/C23H24N2O4S/c1-4-27-12-11-25-17-10-9-15(3)13-20(17)30-23(25)24-22(26)19-14-16-7-6-8-18(28-5-2)21(16)29-19/h6-10,13-14H,4-5,11-12H2,1-3H3. The largest absolute Gasteiger partial charge is 0.490 e. The summed E-state index contributed by atoms with van der Waals surface area (Å²) < 4.78 is 20.1. The Morgan fingerprint density at radius 3 is 2.83 bits per heavy atom. The third-order valence-electron chi connectivity index (χ3n) is 4.72. The molecule has 0 aliphatic heterocycles. The minimum atomic E-state index is -0.415. The van der Waals surface area contributed by atoms with Gasteiger partial charge in [0.25, 0.3) is 0 Å². The van der Waals surface area contributed by atoms with Gasteiger partial charge in [0.15, 0.2) is 21.9 Å². The Morgan fingerprint density at radius 2 is 2.03 bits per heavy atom. The predicted octanol–water partition coefficient (Wildman–Crippen LogP) is 4.93. The fourth-order valence-electron chi connectivity index (χ4n) is 3.33. The Hall–Kier alpha value is -2.90. The summed E-state index contributed by atoms with van der Waals surface area (Å²) in [6.45, 7) is 8.27. The normalized spacial score (nSPS) is 12.2. The molecule has 0 N–H and O–H groups in total. The van der Waals surface area contributed by atoms with Crippen LogP contribution in [0, 0.1) is 6.92 Å².